The highest BCUT2D eigenvalue weighted by molar-refractivity contribution is 5.81. The van der Waals surface area contributed by atoms with Crippen LogP contribution in [0.4, 0.5) is 5.69 Å². The maximum Gasteiger partial charge on any atom is 0.0958 e. The molecule has 0 amide bonds. The molecule has 1 aromatic carbocycles. The fourth-order valence-corrected chi connectivity index (χ4v) is 2.75. The van der Waals surface area contributed by atoms with E-state index in [2.05, 4.69) is 43.0 Å². The molecule has 3 nitrogen and oxygen atoms in total. The first-order valence-electron chi connectivity index (χ1n) is 5.78. The van der Waals surface area contributed by atoms with Crippen LogP contribution in [0.5, 0.6) is 0 Å². The summed E-state index contributed by atoms with van der Waals surface area (Å²) >= 11 is 0. The number of para-hydroxylation sites is 1. The maximum atomic E-state index is 7.62. The zero-order chi connectivity index (χ0) is 11.7. The quantitative estimate of drug-likeness (QED) is 0.589. The fourth-order valence-electron chi connectivity index (χ4n) is 2.75. The number of amidine groups is 1. The molecule has 2 rings (SSSR count). The summed E-state index contributed by atoms with van der Waals surface area (Å²) in [6, 6.07) is 11.1. The Balaban J connectivity index is 2.26. The summed E-state index contributed by atoms with van der Waals surface area (Å²) in [6.45, 7) is 4.36. The molecule has 16 heavy (non-hydrogen) atoms. The van der Waals surface area contributed by atoms with Crippen molar-refractivity contribution < 1.29 is 0 Å². The van der Waals surface area contributed by atoms with Crippen LogP contribution in [0.25, 0.3) is 0 Å². The Hall–Kier alpha value is -1.51. The van der Waals surface area contributed by atoms with E-state index < -0.39 is 0 Å². The van der Waals surface area contributed by atoms with E-state index in [4.69, 9.17) is 11.1 Å². The molecule has 0 aliphatic carbocycles. The Morgan fingerprint density at radius 2 is 1.94 bits per heavy atom. The molecule has 1 aliphatic heterocycles. The van der Waals surface area contributed by atoms with Gasteiger partial charge in [-0.2, -0.15) is 0 Å². The number of nitrogens with one attached hydrogen (secondary N) is 1. The Morgan fingerprint density at radius 1 is 1.31 bits per heavy atom. The second kappa shape index (κ2) is 4.16. The molecule has 3 N–H and O–H groups in total. The van der Waals surface area contributed by atoms with Crippen LogP contribution in [0.15, 0.2) is 30.3 Å². The van der Waals surface area contributed by atoms with Crippen LogP contribution in [0.2, 0.25) is 0 Å². The average molecular weight is 217 g/mol. The number of benzene rings is 1. The van der Waals surface area contributed by atoms with Gasteiger partial charge in [-0.25, -0.2) is 0 Å². The highest BCUT2D eigenvalue weighted by atomic mass is 15.2. The molecule has 1 aliphatic rings. The molecule has 0 bridgehead atoms. The van der Waals surface area contributed by atoms with E-state index in [1.54, 1.807) is 0 Å². The standard InChI is InChI=1S/C13H19N3/c1-9-8-12(13(14)15)10(2)16(9)11-6-4-3-5-7-11/h3-7,9-10,12H,8H2,1-2H3,(H3,14,15)/t9-,10-,12+/m1/s1. The van der Waals surface area contributed by atoms with E-state index in [1.165, 1.54) is 5.69 Å². The maximum absolute atomic E-state index is 7.62. The van der Waals surface area contributed by atoms with Gasteiger partial charge in [0, 0.05) is 23.7 Å². The van der Waals surface area contributed by atoms with Crippen molar-refractivity contribution in [2.45, 2.75) is 32.4 Å². The van der Waals surface area contributed by atoms with Gasteiger partial charge in [-0.1, -0.05) is 18.2 Å². The number of anilines is 1. The minimum absolute atomic E-state index is 0.190. The first-order valence-corrected chi connectivity index (χ1v) is 5.78. The molecule has 0 radical (unpaired) electrons. The lowest BCUT2D eigenvalue weighted by Crippen LogP contribution is -2.37. The minimum atomic E-state index is 0.190. The van der Waals surface area contributed by atoms with Gasteiger partial charge in [0.1, 0.15) is 0 Å². The van der Waals surface area contributed by atoms with Crippen LogP contribution >= 0.6 is 0 Å². The molecule has 3 atom stereocenters. The molecule has 0 saturated carbocycles. The van der Waals surface area contributed by atoms with Crippen LogP contribution in [-0.4, -0.2) is 17.9 Å². The topological polar surface area (TPSA) is 53.1 Å². The normalized spacial score (nSPS) is 29.4. The molecule has 1 saturated heterocycles. The zero-order valence-corrected chi connectivity index (χ0v) is 9.85. The zero-order valence-electron chi connectivity index (χ0n) is 9.85. The van der Waals surface area contributed by atoms with Crippen LogP contribution in [0, 0.1) is 11.3 Å². The van der Waals surface area contributed by atoms with Crippen molar-refractivity contribution in [2.24, 2.45) is 11.7 Å². The largest absolute Gasteiger partial charge is 0.387 e. The number of hydrogen-bond acceptors (Lipinski definition) is 2. The van der Waals surface area contributed by atoms with Gasteiger partial charge >= 0.3 is 0 Å². The van der Waals surface area contributed by atoms with Gasteiger partial charge in [0.05, 0.1) is 5.84 Å². The Bertz CT molecular complexity index is 374. The first-order chi connectivity index (χ1) is 7.61. The molecule has 0 aromatic heterocycles. The SMILES string of the molecule is C[C@@H]1C[C@H](C(=N)N)[C@@H](C)N1c1ccccc1. The van der Waals surface area contributed by atoms with Crippen molar-refractivity contribution in [3.05, 3.63) is 30.3 Å². The van der Waals surface area contributed by atoms with Crippen molar-refractivity contribution in [3.63, 3.8) is 0 Å². The molecular formula is C13H19N3. The van der Waals surface area contributed by atoms with Gasteiger partial charge < -0.3 is 10.6 Å². The Labute approximate surface area is 96.8 Å². The van der Waals surface area contributed by atoms with Gasteiger partial charge in [0.2, 0.25) is 0 Å². The molecule has 0 spiro atoms. The monoisotopic (exact) mass is 217 g/mol. The second-order valence-electron chi connectivity index (χ2n) is 4.63. The van der Waals surface area contributed by atoms with E-state index in [9.17, 15) is 0 Å². The highest BCUT2D eigenvalue weighted by Gasteiger charge is 2.37. The van der Waals surface area contributed by atoms with Gasteiger partial charge in [-0.05, 0) is 32.4 Å². The lowest BCUT2D eigenvalue weighted by molar-refractivity contribution is 0.628. The summed E-state index contributed by atoms with van der Waals surface area (Å²) in [5.74, 6) is 0.507. The van der Waals surface area contributed by atoms with Crippen molar-refractivity contribution in [3.8, 4) is 0 Å². The number of nitrogens with two attached hydrogens (primary N) is 1. The Kier molecular flexibility index (Phi) is 2.86. The predicted molar refractivity (Wildman–Crippen MR) is 67.9 cm³/mol. The summed E-state index contributed by atoms with van der Waals surface area (Å²) in [5.41, 5.74) is 6.88. The van der Waals surface area contributed by atoms with Gasteiger partial charge in [-0.15, -0.1) is 0 Å². The third-order valence-corrected chi connectivity index (χ3v) is 3.54. The fraction of sp³-hybridized carbons (Fsp3) is 0.462. The molecule has 1 aromatic rings. The molecule has 3 heteroatoms. The third kappa shape index (κ3) is 1.77. The van der Waals surface area contributed by atoms with Gasteiger partial charge in [0.15, 0.2) is 0 Å². The Morgan fingerprint density at radius 3 is 2.44 bits per heavy atom. The molecule has 1 heterocycles. The molecule has 86 valence electrons. The van der Waals surface area contributed by atoms with Crippen LogP contribution in [0.3, 0.4) is 0 Å². The van der Waals surface area contributed by atoms with E-state index in [-0.39, 0.29) is 5.92 Å². The summed E-state index contributed by atoms with van der Waals surface area (Å²) in [6.07, 6.45) is 0.978. The van der Waals surface area contributed by atoms with Gasteiger partial charge in [-0.3, -0.25) is 5.41 Å². The van der Waals surface area contributed by atoms with Crippen LogP contribution < -0.4 is 10.6 Å². The highest BCUT2D eigenvalue weighted by Crippen LogP contribution is 2.33. The lowest BCUT2D eigenvalue weighted by Gasteiger charge is -2.29. The summed E-state index contributed by atoms with van der Waals surface area (Å²) in [5, 5.41) is 7.62. The van der Waals surface area contributed by atoms with E-state index in [1.807, 2.05) is 6.07 Å². The smallest absolute Gasteiger partial charge is 0.0958 e. The summed E-state index contributed by atoms with van der Waals surface area (Å²) < 4.78 is 0. The van der Waals surface area contributed by atoms with Crippen LogP contribution in [0.1, 0.15) is 20.3 Å². The number of hydrogen-bond donors (Lipinski definition) is 2. The lowest BCUT2D eigenvalue weighted by atomic mass is 9.99. The van der Waals surface area contributed by atoms with Crippen LogP contribution in [-0.2, 0) is 0 Å². The van der Waals surface area contributed by atoms with Crippen molar-refractivity contribution in [1.82, 2.24) is 0 Å². The van der Waals surface area contributed by atoms with Crippen molar-refractivity contribution >= 4 is 11.5 Å². The number of nitrogens with zero attached hydrogens (tertiary/aromatic N) is 1. The molecule has 0 unspecified atom stereocenters. The summed E-state index contributed by atoms with van der Waals surface area (Å²) in [7, 11) is 0. The first kappa shape index (κ1) is 11.0. The summed E-state index contributed by atoms with van der Waals surface area (Å²) in [4.78, 5) is 2.37. The minimum Gasteiger partial charge on any atom is -0.387 e. The van der Waals surface area contributed by atoms with E-state index in [0.717, 1.165) is 6.42 Å². The average Bonchev–Trinajstić information content (AvgIpc) is 2.56. The number of rotatable bonds is 2. The van der Waals surface area contributed by atoms with E-state index in [0.29, 0.717) is 17.9 Å². The van der Waals surface area contributed by atoms with Crippen molar-refractivity contribution in [2.75, 3.05) is 4.90 Å². The third-order valence-electron chi connectivity index (χ3n) is 3.54. The van der Waals surface area contributed by atoms with E-state index >= 15 is 0 Å². The van der Waals surface area contributed by atoms with Crippen molar-refractivity contribution in [1.29, 1.82) is 5.41 Å². The second-order valence-corrected chi connectivity index (χ2v) is 4.63. The molecular weight excluding hydrogens is 198 g/mol. The molecule has 1 fully saturated rings. The predicted octanol–water partition coefficient (Wildman–Crippen LogP) is 2.23. The van der Waals surface area contributed by atoms with Gasteiger partial charge in [0.25, 0.3) is 0 Å².